The Morgan fingerprint density at radius 3 is 2.89 bits per heavy atom. The number of hydrogen-bond donors (Lipinski definition) is 1. The monoisotopic (exact) mass is 241 g/mol. The van der Waals surface area contributed by atoms with Crippen LogP contribution in [-0.2, 0) is 20.0 Å². The van der Waals surface area contributed by atoms with Gasteiger partial charge in [0.1, 0.15) is 5.69 Å². The highest BCUT2D eigenvalue weighted by Gasteiger charge is 2.25. The van der Waals surface area contributed by atoms with Gasteiger partial charge < -0.3 is 9.88 Å². The van der Waals surface area contributed by atoms with E-state index in [1.807, 2.05) is 19.2 Å². The van der Waals surface area contributed by atoms with Crippen LogP contribution in [0.1, 0.15) is 21.6 Å². The number of fused-ring (bicyclic) bond motifs is 1. The second-order valence-electron chi connectivity index (χ2n) is 4.69. The summed E-state index contributed by atoms with van der Waals surface area (Å²) in [6.45, 7) is 0.749. The zero-order valence-corrected chi connectivity index (χ0v) is 10.3. The molecule has 1 aromatic heterocycles. The molecule has 0 spiro atoms. The average Bonchev–Trinajstić information content (AvgIpc) is 2.84. The molecule has 1 aliphatic heterocycles. The van der Waals surface area contributed by atoms with Gasteiger partial charge in [-0.3, -0.25) is 4.79 Å². The van der Waals surface area contributed by atoms with Crippen molar-refractivity contribution in [3.8, 4) is 0 Å². The smallest absolute Gasteiger partial charge is 0.199 e. The lowest BCUT2D eigenvalue weighted by molar-refractivity contribution is 0.0933. The summed E-state index contributed by atoms with van der Waals surface area (Å²) in [7, 11) is 1.87. The molecule has 0 saturated heterocycles. The molecular weight excluding hydrogens is 226 g/mol. The Kier molecular flexibility index (Phi) is 2.72. The predicted molar refractivity (Wildman–Crippen MR) is 68.3 cm³/mol. The Balaban J connectivity index is 1.82. The first-order chi connectivity index (χ1) is 8.74. The van der Waals surface area contributed by atoms with E-state index in [1.165, 1.54) is 11.1 Å². The molecule has 4 nitrogen and oxygen atoms in total. The number of aryl methyl sites for hydroxylation is 1. The van der Waals surface area contributed by atoms with Gasteiger partial charge in [-0.15, -0.1) is 0 Å². The van der Waals surface area contributed by atoms with E-state index in [4.69, 9.17) is 0 Å². The number of hydrogen-bond acceptors (Lipinski definition) is 3. The van der Waals surface area contributed by atoms with Crippen molar-refractivity contribution in [2.75, 3.05) is 0 Å². The first-order valence-electron chi connectivity index (χ1n) is 6.06. The molecule has 0 radical (unpaired) electrons. The molecule has 0 amide bonds. The van der Waals surface area contributed by atoms with Gasteiger partial charge in [0.25, 0.3) is 0 Å². The second-order valence-corrected chi connectivity index (χ2v) is 4.69. The Hall–Kier alpha value is -1.94. The summed E-state index contributed by atoms with van der Waals surface area (Å²) in [4.78, 5) is 16.4. The third kappa shape index (κ3) is 1.95. The number of nitrogens with one attached hydrogen (secondary N) is 1. The lowest BCUT2D eigenvalue weighted by Gasteiger charge is -2.24. The summed E-state index contributed by atoms with van der Waals surface area (Å²) >= 11 is 0. The largest absolute Gasteiger partial charge is 0.340 e. The minimum Gasteiger partial charge on any atom is -0.340 e. The molecule has 18 heavy (non-hydrogen) atoms. The molecule has 0 saturated carbocycles. The van der Waals surface area contributed by atoms with Crippen molar-refractivity contribution in [1.82, 2.24) is 14.9 Å². The lowest BCUT2D eigenvalue weighted by Crippen LogP contribution is -2.41. The van der Waals surface area contributed by atoms with Crippen LogP contribution in [0.4, 0.5) is 0 Å². The van der Waals surface area contributed by atoms with E-state index in [-0.39, 0.29) is 11.8 Å². The normalized spacial score (nSPS) is 18.4. The predicted octanol–water partition coefficient (Wildman–Crippen LogP) is 1.32. The number of carbonyl (C=O) groups excluding carboxylic acids is 1. The van der Waals surface area contributed by atoms with Crippen molar-refractivity contribution < 1.29 is 4.79 Å². The highest BCUT2D eigenvalue weighted by atomic mass is 16.1. The number of benzene rings is 1. The number of ketones is 1. The maximum absolute atomic E-state index is 12.3. The molecule has 4 heteroatoms. The average molecular weight is 241 g/mol. The molecule has 1 N–H and O–H groups in total. The standard InChI is InChI=1S/C14H15N3O/c1-17-8-13(16-9-17)14(18)12-6-10-4-2-3-5-11(10)7-15-12/h2-5,8-9,12,15H,6-7H2,1H3. The van der Waals surface area contributed by atoms with E-state index in [0.29, 0.717) is 5.69 Å². The van der Waals surface area contributed by atoms with Gasteiger partial charge in [-0.25, -0.2) is 4.98 Å². The Morgan fingerprint density at radius 1 is 1.39 bits per heavy atom. The Bertz CT molecular complexity index is 588. The summed E-state index contributed by atoms with van der Waals surface area (Å²) in [6.07, 6.45) is 4.17. The molecule has 92 valence electrons. The van der Waals surface area contributed by atoms with Crippen LogP contribution in [0.25, 0.3) is 0 Å². The maximum atomic E-state index is 12.3. The van der Waals surface area contributed by atoms with Gasteiger partial charge in [-0.05, 0) is 17.5 Å². The number of rotatable bonds is 2. The van der Waals surface area contributed by atoms with Crippen LogP contribution in [0.3, 0.4) is 0 Å². The molecule has 1 aliphatic rings. The van der Waals surface area contributed by atoms with E-state index < -0.39 is 0 Å². The molecule has 1 unspecified atom stereocenters. The maximum Gasteiger partial charge on any atom is 0.199 e. The lowest BCUT2D eigenvalue weighted by atomic mass is 9.93. The third-order valence-corrected chi connectivity index (χ3v) is 3.36. The first kappa shape index (κ1) is 11.2. The minimum absolute atomic E-state index is 0.0742. The summed E-state index contributed by atoms with van der Waals surface area (Å²) in [5, 5.41) is 3.28. The quantitative estimate of drug-likeness (QED) is 0.807. The van der Waals surface area contributed by atoms with Gasteiger partial charge in [-0.2, -0.15) is 0 Å². The second kappa shape index (κ2) is 4.38. The van der Waals surface area contributed by atoms with Gasteiger partial charge in [0.05, 0.1) is 12.4 Å². The number of Topliss-reactive ketones (excluding diaryl/α,β-unsaturated/α-hetero) is 1. The van der Waals surface area contributed by atoms with Crippen LogP contribution in [0.15, 0.2) is 36.8 Å². The van der Waals surface area contributed by atoms with Gasteiger partial charge in [0.2, 0.25) is 0 Å². The first-order valence-corrected chi connectivity index (χ1v) is 6.06. The van der Waals surface area contributed by atoms with Crippen molar-refractivity contribution in [2.24, 2.45) is 7.05 Å². The van der Waals surface area contributed by atoms with Crippen LogP contribution < -0.4 is 5.32 Å². The molecular formula is C14H15N3O. The summed E-state index contributed by atoms with van der Waals surface area (Å²) < 4.78 is 1.80. The zero-order valence-electron chi connectivity index (χ0n) is 10.3. The van der Waals surface area contributed by atoms with Gasteiger partial charge in [-0.1, -0.05) is 24.3 Å². The molecule has 1 atom stereocenters. The van der Waals surface area contributed by atoms with E-state index in [1.54, 1.807) is 17.1 Å². The summed E-state index contributed by atoms with van der Waals surface area (Å²) in [5.74, 6) is 0.0742. The number of carbonyl (C=O) groups is 1. The van der Waals surface area contributed by atoms with Crippen LogP contribution in [0.2, 0.25) is 0 Å². The van der Waals surface area contributed by atoms with Crippen molar-refractivity contribution in [1.29, 1.82) is 0 Å². The molecule has 0 fully saturated rings. The van der Waals surface area contributed by atoms with Gasteiger partial charge >= 0.3 is 0 Å². The van der Waals surface area contributed by atoms with Crippen molar-refractivity contribution in [3.63, 3.8) is 0 Å². The zero-order chi connectivity index (χ0) is 12.5. The number of aromatic nitrogens is 2. The SMILES string of the molecule is Cn1cnc(C(=O)C2Cc3ccccc3CN2)c1. The minimum atomic E-state index is -0.158. The van der Waals surface area contributed by atoms with E-state index in [0.717, 1.165) is 13.0 Å². The van der Waals surface area contributed by atoms with E-state index in [9.17, 15) is 4.79 Å². The molecule has 2 aromatic rings. The summed E-state index contributed by atoms with van der Waals surface area (Å²) in [5.41, 5.74) is 3.07. The molecule has 1 aromatic carbocycles. The number of nitrogens with zero attached hydrogens (tertiary/aromatic N) is 2. The Morgan fingerprint density at radius 2 is 2.17 bits per heavy atom. The fourth-order valence-corrected chi connectivity index (χ4v) is 2.36. The number of imidazole rings is 1. The molecule has 0 aliphatic carbocycles. The van der Waals surface area contributed by atoms with Crippen LogP contribution in [0.5, 0.6) is 0 Å². The fraction of sp³-hybridized carbons (Fsp3) is 0.286. The van der Waals surface area contributed by atoms with Gasteiger partial charge in [0.15, 0.2) is 5.78 Å². The van der Waals surface area contributed by atoms with Crippen LogP contribution in [-0.4, -0.2) is 21.4 Å². The van der Waals surface area contributed by atoms with Crippen LogP contribution >= 0.6 is 0 Å². The van der Waals surface area contributed by atoms with Gasteiger partial charge in [0, 0.05) is 19.8 Å². The highest BCUT2D eigenvalue weighted by molar-refractivity contribution is 5.98. The van der Waals surface area contributed by atoms with Crippen LogP contribution in [0, 0.1) is 0 Å². The summed E-state index contributed by atoms with van der Waals surface area (Å²) in [6, 6.07) is 8.09. The van der Waals surface area contributed by atoms with E-state index in [2.05, 4.69) is 22.4 Å². The van der Waals surface area contributed by atoms with E-state index >= 15 is 0 Å². The molecule has 0 bridgehead atoms. The highest BCUT2D eigenvalue weighted by Crippen LogP contribution is 2.18. The fourth-order valence-electron chi connectivity index (χ4n) is 2.36. The Labute approximate surface area is 106 Å². The van der Waals surface area contributed by atoms with Crippen molar-refractivity contribution in [2.45, 2.75) is 19.0 Å². The molecule has 3 rings (SSSR count). The van der Waals surface area contributed by atoms with Crippen molar-refractivity contribution >= 4 is 5.78 Å². The van der Waals surface area contributed by atoms with Crippen molar-refractivity contribution in [3.05, 3.63) is 53.6 Å². The topological polar surface area (TPSA) is 46.9 Å². The third-order valence-electron chi connectivity index (χ3n) is 3.36. The molecule has 2 heterocycles.